The molecule has 0 aliphatic rings. The van der Waals surface area contributed by atoms with Gasteiger partial charge in [0.25, 0.3) is 0 Å². The first-order chi connectivity index (χ1) is 11.4. The third kappa shape index (κ3) is 5.00. The van der Waals surface area contributed by atoms with Crippen LogP contribution in [0.3, 0.4) is 0 Å². The first-order valence-corrected chi connectivity index (χ1v) is 6.64. The first-order valence-electron chi connectivity index (χ1n) is 6.64. The lowest BCUT2D eigenvalue weighted by atomic mass is 10.3. The van der Waals surface area contributed by atoms with Crippen LogP contribution in [0.4, 0.5) is 18.9 Å². The second kappa shape index (κ2) is 7.49. The standard InChI is InChI=1S/C14H13F3N6O/c1-9-5-21-13(22-6-9)24-8-11(23-18)7-20-10-2-3-19-12(4-10)14(15,16)17/h2-7H,8,18H2,1H3. The third-order valence-corrected chi connectivity index (χ3v) is 2.67. The van der Waals surface area contributed by atoms with E-state index in [1.54, 1.807) is 12.4 Å². The van der Waals surface area contributed by atoms with E-state index < -0.39 is 11.9 Å². The van der Waals surface area contributed by atoms with Gasteiger partial charge in [0.15, 0.2) is 0 Å². The van der Waals surface area contributed by atoms with E-state index in [1.165, 1.54) is 12.3 Å². The van der Waals surface area contributed by atoms with Gasteiger partial charge in [0.2, 0.25) is 0 Å². The zero-order chi connectivity index (χ0) is 17.6. The molecule has 2 aromatic rings. The van der Waals surface area contributed by atoms with Gasteiger partial charge in [-0.05, 0) is 24.6 Å². The molecule has 2 N–H and O–H groups in total. The van der Waals surface area contributed by atoms with E-state index in [2.05, 4.69) is 25.0 Å². The molecule has 10 heteroatoms. The number of rotatable bonds is 5. The molecule has 24 heavy (non-hydrogen) atoms. The van der Waals surface area contributed by atoms with Crippen LogP contribution in [-0.2, 0) is 6.18 Å². The Bertz CT molecular complexity index is 743. The average Bonchev–Trinajstić information content (AvgIpc) is 2.56. The highest BCUT2D eigenvalue weighted by molar-refractivity contribution is 6.31. The molecule has 0 radical (unpaired) electrons. The summed E-state index contributed by atoms with van der Waals surface area (Å²) in [5.74, 6) is 5.21. The number of nitrogens with two attached hydrogens (primary N) is 1. The molecule has 7 nitrogen and oxygen atoms in total. The molecule has 0 unspecified atom stereocenters. The summed E-state index contributed by atoms with van der Waals surface area (Å²) in [6, 6.07) is 2.26. The minimum absolute atomic E-state index is 0.0602. The van der Waals surface area contributed by atoms with Crippen LogP contribution in [0.5, 0.6) is 6.01 Å². The zero-order valence-corrected chi connectivity index (χ0v) is 12.5. The molecule has 0 aliphatic heterocycles. The van der Waals surface area contributed by atoms with Crippen molar-refractivity contribution in [1.29, 1.82) is 0 Å². The van der Waals surface area contributed by atoms with Crippen LogP contribution in [0.1, 0.15) is 11.3 Å². The molecule has 2 aromatic heterocycles. The summed E-state index contributed by atoms with van der Waals surface area (Å²) < 4.78 is 43.0. The Labute approximate surface area is 135 Å². The summed E-state index contributed by atoms with van der Waals surface area (Å²) in [6.07, 6.45) is 0.827. The fourth-order valence-corrected chi connectivity index (χ4v) is 1.51. The molecular weight excluding hydrogens is 325 g/mol. The molecule has 0 fully saturated rings. The minimum Gasteiger partial charge on any atom is -0.457 e. The number of pyridine rings is 1. The number of hydrazone groups is 1. The van der Waals surface area contributed by atoms with Crippen molar-refractivity contribution >= 4 is 17.6 Å². The van der Waals surface area contributed by atoms with E-state index in [-0.39, 0.29) is 24.0 Å². The van der Waals surface area contributed by atoms with Gasteiger partial charge in [-0.25, -0.2) is 9.97 Å². The molecule has 0 amide bonds. The highest BCUT2D eigenvalue weighted by Crippen LogP contribution is 2.29. The number of halogens is 3. The Morgan fingerprint density at radius 1 is 1.29 bits per heavy atom. The summed E-state index contributed by atoms with van der Waals surface area (Å²) in [5.41, 5.74) is 0.0945. The lowest BCUT2D eigenvalue weighted by Crippen LogP contribution is -2.16. The van der Waals surface area contributed by atoms with Gasteiger partial charge in [-0.1, -0.05) is 0 Å². The van der Waals surface area contributed by atoms with Gasteiger partial charge < -0.3 is 10.6 Å². The van der Waals surface area contributed by atoms with E-state index >= 15 is 0 Å². The summed E-state index contributed by atoms with van der Waals surface area (Å²) in [5, 5.41) is 3.46. The minimum atomic E-state index is -4.54. The first kappa shape index (κ1) is 17.3. The number of nitrogens with zero attached hydrogens (tertiary/aromatic N) is 5. The average molecular weight is 338 g/mol. The fraction of sp³-hybridized carbons (Fsp3) is 0.214. The van der Waals surface area contributed by atoms with Crippen molar-refractivity contribution in [2.75, 3.05) is 6.61 Å². The van der Waals surface area contributed by atoms with Gasteiger partial charge in [-0.15, -0.1) is 0 Å². The lowest BCUT2D eigenvalue weighted by Gasteiger charge is -2.05. The smallest absolute Gasteiger partial charge is 0.433 e. The Morgan fingerprint density at radius 2 is 2.00 bits per heavy atom. The van der Waals surface area contributed by atoms with Gasteiger partial charge >= 0.3 is 12.2 Å². The largest absolute Gasteiger partial charge is 0.457 e. The molecule has 0 saturated carbocycles. The Balaban J connectivity index is 2.02. The van der Waals surface area contributed by atoms with Gasteiger partial charge in [-0.3, -0.25) is 9.98 Å². The van der Waals surface area contributed by atoms with Gasteiger partial charge in [0.1, 0.15) is 18.0 Å². The highest BCUT2D eigenvalue weighted by atomic mass is 19.4. The number of aryl methyl sites for hydroxylation is 1. The summed E-state index contributed by atoms with van der Waals surface area (Å²) in [6.45, 7) is 1.74. The topological polar surface area (TPSA) is 98.6 Å². The van der Waals surface area contributed by atoms with E-state index in [4.69, 9.17) is 10.6 Å². The van der Waals surface area contributed by atoms with Crippen LogP contribution < -0.4 is 10.6 Å². The number of hydrogen-bond acceptors (Lipinski definition) is 7. The van der Waals surface area contributed by atoms with E-state index in [0.717, 1.165) is 17.8 Å². The van der Waals surface area contributed by atoms with Gasteiger partial charge in [-0.2, -0.15) is 18.3 Å². The molecule has 0 atom stereocenters. The van der Waals surface area contributed by atoms with Crippen molar-refractivity contribution in [3.05, 3.63) is 42.0 Å². The zero-order valence-electron chi connectivity index (χ0n) is 12.5. The quantitative estimate of drug-likeness (QED) is 0.512. The summed E-state index contributed by atoms with van der Waals surface area (Å²) in [4.78, 5) is 15.0. The van der Waals surface area contributed by atoms with Crippen LogP contribution in [0.15, 0.2) is 40.8 Å². The molecule has 0 aromatic carbocycles. The third-order valence-electron chi connectivity index (χ3n) is 2.67. The predicted molar refractivity (Wildman–Crippen MR) is 81.3 cm³/mol. The molecule has 2 rings (SSSR count). The van der Waals surface area contributed by atoms with Crippen molar-refractivity contribution in [2.24, 2.45) is 15.9 Å². The van der Waals surface area contributed by atoms with Crippen LogP contribution in [0.2, 0.25) is 0 Å². The molecule has 0 saturated heterocycles. The van der Waals surface area contributed by atoms with E-state index in [9.17, 15) is 13.2 Å². The normalized spacial score (nSPS) is 12.6. The number of aliphatic imine (C=N–C) groups is 1. The Hall–Kier alpha value is -3.04. The number of alkyl halides is 3. The Kier molecular flexibility index (Phi) is 5.40. The molecule has 0 aliphatic carbocycles. The van der Waals surface area contributed by atoms with Crippen molar-refractivity contribution in [3.8, 4) is 6.01 Å². The van der Waals surface area contributed by atoms with Crippen molar-refractivity contribution < 1.29 is 17.9 Å². The van der Waals surface area contributed by atoms with Gasteiger partial charge in [0, 0.05) is 18.6 Å². The maximum absolute atomic E-state index is 12.6. The SMILES string of the molecule is Cc1cnc(OCC(C=Nc2ccnc(C(F)(F)F)c2)=NN)nc1. The van der Waals surface area contributed by atoms with Crippen molar-refractivity contribution in [3.63, 3.8) is 0 Å². The van der Waals surface area contributed by atoms with Crippen LogP contribution in [-0.4, -0.2) is 33.5 Å². The van der Waals surface area contributed by atoms with Crippen LogP contribution in [0, 0.1) is 6.92 Å². The second-order valence-electron chi connectivity index (χ2n) is 4.61. The lowest BCUT2D eigenvalue weighted by molar-refractivity contribution is -0.141. The second-order valence-corrected chi connectivity index (χ2v) is 4.61. The maximum Gasteiger partial charge on any atom is 0.433 e. The molecule has 126 valence electrons. The fourth-order valence-electron chi connectivity index (χ4n) is 1.51. The number of aromatic nitrogens is 3. The van der Waals surface area contributed by atoms with Gasteiger partial charge in [0.05, 0.1) is 11.9 Å². The van der Waals surface area contributed by atoms with E-state index in [0.29, 0.717) is 0 Å². The monoisotopic (exact) mass is 338 g/mol. The highest BCUT2D eigenvalue weighted by Gasteiger charge is 2.32. The van der Waals surface area contributed by atoms with Crippen molar-refractivity contribution in [2.45, 2.75) is 13.1 Å². The predicted octanol–water partition coefficient (Wildman–Crippen LogP) is 2.29. The molecule has 0 spiro atoms. The molecule has 2 heterocycles. The summed E-state index contributed by atoms with van der Waals surface area (Å²) in [7, 11) is 0. The van der Waals surface area contributed by atoms with Crippen LogP contribution in [0.25, 0.3) is 0 Å². The van der Waals surface area contributed by atoms with Crippen molar-refractivity contribution in [1.82, 2.24) is 15.0 Å². The molecule has 0 bridgehead atoms. The maximum atomic E-state index is 12.6. The number of ether oxygens (including phenoxy) is 1. The number of hydrogen-bond donors (Lipinski definition) is 1. The molecular formula is C14H13F3N6O. The van der Waals surface area contributed by atoms with Crippen LogP contribution >= 0.6 is 0 Å². The summed E-state index contributed by atoms with van der Waals surface area (Å²) >= 11 is 0. The Morgan fingerprint density at radius 3 is 2.62 bits per heavy atom. The van der Waals surface area contributed by atoms with E-state index in [1.807, 2.05) is 6.92 Å².